The number of carbonyl (C=O) groups is 4. The van der Waals surface area contributed by atoms with Crippen LogP contribution in [0, 0.1) is 12.7 Å². The Bertz CT molecular complexity index is 986. The number of rotatable bonds is 4. The molecule has 0 unspecified atom stereocenters. The molecular formula is C19H15FN2O5. The number of carbonyl (C=O) groups excluding carboxylic acids is 4. The van der Waals surface area contributed by atoms with Crippen molar-refractivity contribution in [3.63, 3.8) is 0 Å². The molecule has 3 amide bonds. The summed E-state index contributed by atoms with van der Waals surface area (Å²) in [5.74, 6) is -2.89. The number of nitrogens with zero attached hydrogens (tertiary/aromatic N) is 1. The first kappa shape index (κ1) is 18.2. The molecule has 0 spiro atoms. The van der Waals surface area contributed by atoms with Gasteiger partial charge in [0, 0.05) is 12.7 Å². The zero-order valence-corrected chi connectivity index (χ0v) is 14.5. The topological polar surface area (TPSA) is 92.8 Å². The Morgan fingerprint density at radius 2 is 1.78 bits per heavy atom. The summed E-state index contributed by atoms with van der Waals surface area (Å²) in [4.78, 5) is 48.6. The lowest BCUT2D eigenvalue weighted by Gasteiger charge is -2.08. The molecule has 2 aromatic rings. The van der Waals surface area contributed by atoms with Gasteiger partial charge in [0.2, 0.25) is 0 Å². The van der Waals surface area contributed by atoms with E-state index in [4.69, 9.17) is 4.74 Å². The molecule has 0 saturated heterocycles. The molecule has 27 heavy (non-hydrogen) atoms. The number of hydrogen-bond acceptors (Lipinski definition) is 5. The number of benzene rings is 2. The van der Waals surface area contributed by atoms with E-state index in [1.807, 2.05) is 0 Å². The number of halogens is 1. The third-order valence-corrected chi connectivity index (χ3v) is 4.12. The fraction of sp³-hybridized carbons (Fsp3) is 0.158. The number of amides is 3. The highest BCUT2D eigenvalue weighted by Crippen LogP contribution is 2.24. The van der Waals surface area contributed by atoms with Crippen LogP contribution >= 0.6 is 0 Å². The summed E-state index contributed by atoms with van der Waals surface area (Å²) in [6.45, 7) is 0.975. The van der Waals surface area contributed by atoms with E-state index in [1.54, 1.807) is 6.92 Å². The van der Waals surface area contributed by atoms with Crippen molar-refractivity contribution >= 4 is 29.4 Å². The Hall–Kier alpha value is -3.55. The minimum absolute atomic E-state index is 0.00410. The summed E-state index contributed by atoms with van der Waals surface area (Å²) in [5.41, 5.74) is 1.11. The highest BCUT2D eigenvalue weighted by Gasteiger charge is 2.32. The number of anilines is 1. The molecule has 2 aromatic carbocycles. The van der Waals surface area contributed by atoms with Gasteiger partial charge in [-0.15, -0.1) is 0 Å². The molecule has 8 heteroatoms. The normalized spacial score (nSPS) is 12.8. The molecule has 0 bridgehead atoms. The molecule has 0 aromatic heterocycles. The maximum absolute atomic E-state index is 13.5. The molecule has 7 nitrogen and oxygen atoms in total. The molecule has 0 radical (unpaired) electrons. The minimum atomic E-state index is -0.833. The molecule has 0 atom stereocenters. The quantitative estimate of drug-likeness (QED) is 0.658. The van der Waals surface area contributed by atoms with Crippen molar-refractivity contribution in [1.82, 2.24) is 4.90 Å². The lowest BCUT2D eigenvalue weighted by molar-refractivity contribution is -0.119. The average Bonchev–Trinajstić information content (AvgIpc) is 2.86. The number of fused-ring (bicyclic) bond motifs is 1. The van der Waals surface area contributed by atoms with Crippen LogP contribution in [-0.4, -0.2) is 42.2 Å². The number of aryl methyl sites for hydroxylation is 1. The molecular weight excluding hydrogens is 355 g/mol. The minimum Gasteiger partial charge on any atom is -0.452 e. The smallest absolute Gasteiger partial charge is 0.338 e. The standard InChI is InChI=1S/C19H15FN2O5/c1-10-3-4-11(7-15(10)20)19(26)27-9-16(23)21-12-5-6-13-14(8-12)18(25)22(2)17(13)24/h3-8H,9H2,1-2H3,(H,21,23). The maximum Gasteiger partial charge on any atom is 0.338 e. The van der Waals surface area contributed by atoms with Crippen LogP contribution in [0.3, 0.4) is 0 Å². The first-order valence-electron chi connectivity index (χ1n) is 7.97. The van der Waals surface area contributed by atoms with Crippen LogP contribution < -0.4 is 5.32 Å². The fourth-order valence-corrected chi connectivity index (χ4v) is 2.57. The zero-order valence-electron chi connectivity index (χ0n) is 14.5. The van der Waals surface area contributed by atoms with E-state index in [9.17, 15) is 23.6 Å². The van der Waals surface area contributed by atoms with Crippen molar-refractivity contribution < 1.29 is 28.3 Å². The molecule has 1 heterocycles. The number of ether oxygens (including phenoxy) is 1. The van der Waals surface area contributed by atoms with Crippen molar-refractivity contribution in [1.29, 1.82) is 0 Å². The average molecular weight is 370 g/mol. The monoisotopic (exact) mass is 370 g/mol. The lowest BCUT2D eigenvalue weighted by Crippen LogP contribution is -2.24. The summed E-state index contributed by atoms with van der Waals surface area (Å²) in [7, 11) is 1.37. The van der Waals surface area contributed by atoms with Crippen LogP contribution in [0.25, 0.3) is 0 Å². The molecule has 1 N–H and O–H groups in total. The lowest BCUT2D eigenvalue weighted by atomic mass is 10.1. The van der Waals surface area contributed by atoms with Crippen molar-refractivity contribution in [2.45, 2.75) is 6.92 Å². The second-order valence-corrected chi connectivity index (χ2v) is 6.02. The van der Waals surface area contributed by atoms with Crippen LogP contribution in [0.15, 0.2) is 36.4 Å². The SMILES string of the molecule is Cc1ccc(C(=O)OCC(=O)Nc2ccc3c(c2)C(=O)N(C)C3=O)cc1F. The summed E-state index contributed by atoms with van der Waals surface area (Å²) in [6, 6.07) is 8.17. The van der Waals surface area contributed by atoms with Crippen molar-refractivity contribution in [2.24, 2.45) is 0 Å². The Kier molecular flexibility index (Phi) is 4.72. The zero-order chi connectivity index (χ0) is 19.7. The first-order valence-corrected chi connectivity index (χ1v) is 7.97. The Morgan fingerprint density at radius 3 is 2.48 bits per heavy atom. The number of esters is 1. The summed E-state index contributed by atoms with van der Waals surface area (Å²) < 4.78 is 18.3. The van der Waals surface area contributed by atoms with Gasteiger partial charge < -0.3 is 10.1 Å². The van der Waals surface area contributed by atoms with Gasteiger partial charge in [0.1, 0.15) is 5.82 Å². The van der Waals surface area contributed by atoms with Crippen LogP contribution in [-0.2, 0) is 9.53 Å². The van der Waals surface area contributed by atoms with E-state index in [0.717, 1.165) is 11.0 Å². The van der Waals surface area contributed by atoms with E-state index >= 15 is 0 Å². The van der Waals surface area contributed by atoms with Crippen molar-refractivity contribution in [3.8, 4) is 0 Å². The van der Waals surface area contributed by atoms with Gasteiger partial charge in [-0.1, -0.05) is 6.07 Å². The Balaban J connectivity index is 1.62. The highest BCUT2D eigenvalue weighted by atomic mass is 19.1. The predicted octanol–water partition coefficient (Wildman–Crippen LogP) is 2.16. The van der Waals surface area contributed by atoms with Crippen LogP contribution in [0.4, 0.5) is 10.1 Å². The summed E-state index contributed by atoms with van der Waals surface area (Å²) in [5, 5.41) is 2.48. The third kappa shape index (κ3) is 3.55. The van der Waals surface area contributed by atoms with E-state index in [0.29, 0.717) is 5.56 Å². The van der Waals surface area contributed by atoms with Gasteiger partial charge in [-0.05, 0) is 42.8 Å². The largest absolute Gasteiger partial charge is 0.452 e. The first-order chi connectivity index (χ1) is 12.8. The van der Waals surface area contributed by atoms with E-state index < -0.39 is 36.1 Å². The number of nitrogens with one attached hydrogen (secondary N) is 1. The van der Waals surface area contributed by atoms with Gasteiger partial charge in [-0.2, -0.15) is 0 Å². The predicted molar refractivity (Wildman–Crippen MR) is 92.9 cm³/mol. The van der Waals surface area contributed by atoms with Gasteiger partial charge in [0.15, 0.2) is 6.61 Å². The second-order valence-electron chi connectivity index (χ2n) is 6.02. The molecule has 1 aliphatic rings. The van der Waals surface area contributed by atoms with E-state index in [1.165, 1.54) is 37.4 Å². The van der Waals surface area contributed by atoms with Crippen LogP contribution in [0.5, 0.6) is 0 Å². The third-order valence-electron chi connectivity index (χ3n) is 4.12. The van der Waals surface area contributed by atoms with E-state index in [-0.39, 0.29) is 22.4 Å². The Labute approximate surface area is 153 Å². The molecule has 0 fully saturated rings. The Morgan fingerprint density at radius 1 is 1.07 bits per heavy atom. The van der Waals surface area contributed by atoms with E-state index in [2.05, 4.69) is 5.32 Å². The van der Waals surface area contributed by atoms with Crippen molar-refractivity contribution in [2.75, 3.05) is 19.0 Å². The van der Waals surface area contributed by atoms with Crippen LogP contribution in [0.2, 0.25) is 0 Å². The summed E-state index contributed by atoms with van der Waals surface area (Å²) in [6.07, 6.45) is 0. The molecule has 1 aliphatic heterocycles. The van der Waals surface area contributed by atoms with Gasteiger partial charge in [-0.25, -0.2) is 9.18 Å². The van der Waals surface area contributed by atoms with Crippen molar-refractivity contribution in [3.05, 3.63) is 64.5 Å². The highest BCUT2D eigenvalue weighted by molar-refractivity contribution is 6.21. The molecule has 138 valence electrons. The van der Waals surface area contributed by atoms with Gasteiger partial charge in [-0.3, -0.25) is 19.3 Å². The molecule has 0 aliphatic carbocycles. The van der Waals surface area contributed by atoms with Gasteiger partial charge >= 0.3 is 5.97 Å². The maximum atomic E-state index is 13.5. The van der Waals surface area contributed by atoms with Crippen LogP contribution in [0.1, 0.15) is 36.6 Å². The van der Waals surface area contributed by atoms with Gasteiger partial charge in [0.25, 0.3) is 17.7 Å². The second kappa shape index (κ2) is 6.99. The molecule has 0 saturated carbocycles. The number of imide groups is 1. The number of hydrogen-bond donors (Lipinski definition) is 1. The fourth-order valence-electron chi connectivity index (χ4n) is 2.57. The molecule has 3 rings (SSSR count). The summed E-state index contributed by atoms with van der Waals surface area (Å²) >= 11 is 0. The van der Waals surface area contributed by atoms with Gasteiger partial charge in [0.05, 0.1) is 16.7 Å².